The lowest BCUT2D eigenvalue weighted by Gasteiger charge is -2.12. The second-order valence-electron chi connectivity index (χ2n) is 16.0. The molecule has 0 bridgehead atoms. The minimum atomic E-state index is 0.699. The van der Waals surface area contributed by atoms with Crippen molar-refractivity contribution in [2.24, 2.45) is 0 Å². The van der Waals surface area contributed by atoms with Gasteiger partial charge in [0.1, 0.15) is 0 Å². The molecule has 0 aliphatic heterocycles. The number of nitrogens with zero attached hydrogens (tertiary/aromatic N) is 4. The van der Waals surface area contributed by atoms with E-state index in [-0.39, 0.29) is 0 Å². The Bertz CT molecular complexity index is 3580. The molecule has 0 spiro atoms. The number of para-hydroxylation sites is 2. The van der Waals surface area contributed by atoms with Crippen molar-refractivity contribution in [2.75, 3.05) is 0 Å². The molecule has 3 heterocycles. The summed E-state index contributed by atoms with van der Waals surface area (Å²) in [6.07, 6.45) is 0. The maximum atomic E-state index is 5.27. The highest BCUT2D eigenvalue weighted by Gasteiger charge is 2.20. The van der Waals surface area contributed by atoms with Gasteiger partial charge in [0.15, 0.2) is 5.82 Å². The molecular weight excluding hydrogens is 765 g/mol. The number of hydrogen-bond acceptors (Lipinski definition) is 3. The first-order valence-electron chi connectivity index (χ1n) is 21.4. The van der Waals surface area contributed by atoms with Crippen LogP contribution in [0.25, 0.3) is 117 Å². The minimum absolute atomic E-state index is 0.699. The van der Waals surface area contributed by atoms with Gasteiger partial charge in [0.05, 0.1) is 33.6 Å². The predicted octanol–water partition coefficient (Wildman–Crippen LogP) is 15.3. The van der Waals surface area contributed by atoms with Gasteiger partial charge in [-0.25, -0.2) is 15.0 Å². The summed E-state index contributed by atoms with van der Waals surface area (Å²) < 4.78 is 2.41. The first-order chi connectivity index (χ1) is 31.2. The standard InChI is InChI=1S/C59H38N4/c1-5-16-40(17-6-1)52-38-53(41-18-7-2-8-19-41)62-59(61-52)43-30-28-39(29-31-43)44-22-15-23-45(36-44)46-32-34-54-50(37-46)57-55(63(54)47-24-11-4-12-25-47)35-33-49-56(57)48-26-13-14-27-51(48)60-58(49)42-20-9-3-10-21-42/h1-38H. The van der Waals surface area contributed by atoms with Crippen LogP contribution >= 0.6 is 0 Å². The zero-order valence-corrected chi connectivity index (χ0v) is 34.2. The van der Waals surface area contributed by atoms with Crippen LogP contribution in [0.5, 0.6) is 0 Å². The molecule has 12 aromatic rings. The molecule has 0 radical (unpaired) electrons. The van der Waals surface area contributed by atoms with Gasteiger partial charge < -0.3 is 4.57 Å². The van der Waals surface area contributed by atoms with E-state index in [9.17, 15) is 0 Å². The molecule has 0 saturated carbocycles. The van der Waals surface area contributed by atoms with Gasteiger partial charge in [-0.3, -0.25) is 0 Å². The van der Waals surface area contributed by atoms with Gasteiger partial charge in [-0.2, -0.15) is 0 Å². The summed E-state index contributed by atoms with van der Waals surface area (Å²) >= 11 is 0. The van der Waals surface area contributed by atoms with Crippen LogP contribution in [-0.4, -0.2) is 19.5 Å². The third-order valence-electron chi connectivity index (χ3n) is 12.2. The van der Waals surface area contributed by atoms with Crippen LogP contribution in [0, 0.1) is 0 Å². The molecule has 0 unspecified atom stereocenters. The Balaban J connectivity index is 0.991. The first kappa shape index (κ1) is 36.4. The van der Waals surface area contributed by atoms with Crippen LogP contribution < -0.4 is 0 Å². The Morgan fingerprint density at radius 3 is 1.49 bits per heavy atom. The van der Waals surface area contributed by atoms with E-state index >= 15 is 0 Å². The van der Waals surface area contributed by atoms with Gasteiger partial charge in [0.25, 0.3) is 0 Å². The van der Waals surface area contributed by atoms with Gasteiger partial charge in [0, 0.05) is 54.9 Å². The van der Waals surface area contributed by atoms with Gasteiger partial charge >= 0.3 is 0 Å². The van der Waals surface area contributed by atoms with Crippen molar-refractivity contribution >= 4 is 43.5 Å². The number of pyridine rings is 1. The van der Waals surface area contributed by atoms with Crippen molar-refractivity contribution in [3.8, 4) is 73.1 Å². The van der Waals surface area contributed by atoms with E-state index < -0.39 is 0 Å². The highest BCUT2D eigenvalue weighted by molar-refractivity contribution is 6.29. The number of fused-ring (bicyclic) bond motifs is 7. The third-order valence-corrected chi connectivity index (χ3v) is 12.2. The molecule has 294 valence electrons. The maximum Gasteiger partial charge on any atom is 0.160 e. The molecule has 9 aromatic carbocycles. The number of hydrogen-bond donors (Lipinski definition) is 0. The SMILES string of the molecule is c1ccc(-c2cc(-c3ccccc3)nc(-c3ccc(-c4cccc(-c5ccc6c(c5)c5c7c(ccc5n6-c5ccccc5)c(-c5ccccc5)nc5ccccc57)c4)cc3)n2)cc1. The van der Waals surface area contributed by atoms with Crippen molar-refractivity contribution in [2.45, 2.75) is 0 Å². The summed E-state index contributed by atoms with van der Waals surface area (Å²) in [6.45, 7) is 0. The van der Waals surface area contributed by atoms with Crippen molar-refractivity contribution < 1.29 is 0 Å². The Hall–Kier alpha value is -8.47. The molecule has 12 rings (SSSR count). The summed E-state index contributed by atoms with van der Waals surface area (Å²) in [5.41, 5.74) is 16.0. The Kier molecular flexibility index (Phi) is 8.79. The Labute approximate surface area is 365 Å². The highest BCUT2D eigenvalue weighted by Crippen LogP contribution is 2.43. The van der Waals surface area contributed by atoms with Crippen molar-refractivity contribution in [1.29, 1.82) is 0 Å². The van der Waals surface area contributed by atoms with Crippen LogP contribution in [0.3, 0.4) is 0 Å². The van der Waals surface area contributed by atoms with E-state index in [1.54, 1.807) is 0 Å². The molecule has 63 heavy (non-hydrogen) atoms. The fraction of sp³-hybridized carbons (Fsp3) is 0. The highest BCUT2D eigenvalue weighted by atomic mass is 15.0. The third kappa shape index (κ3) is 6.44. The number of aromatic nitrogens is 4. The monoisotopic (exact) mass is 802 g/mol. The van der Waals surface area contributed by atoms with Crippen molar-refractivity contribution in [1.82, 2.24) is 19.5 Å². The predicted molar refractivity (Wildman–Crippen MR) is 262 cm³/mol. The average Bonchev–Trinajstić information content (AvgIpc) is 3.71. The number of rotatable bonds is 7. The maximum absolute atomic E-state index is 5.27. The van der Waals surface area contributed by atoms with Crippen molar-refractivity contribution in [3.05, 3.63) is 231 Å². The largest absolute Gasteiger partial charge is 0.309 e. The lowest BCUT2D eigenvalue weighted by atomic mass is 9.94. The van der Waals surface area contributed by atoms with Gasteiger partial charge in [0.2, 0.25) is 0 Å². The molecule has 0 aliphatic rings. The zero-order chi connectivity index (χ0) is 41.7. The normalized spacial score (nSPS) is 11.5. The number of benzene rings is 9. The van der Waals surface area contributed by atoms with Crippen LogP contribution in [0.4, 0.5) is 0 Å². The summed E-state index contributed by atoms with van der Waals surface area (Å²) in [6, 6.07) is 81.5. The fourth-order valence-electron chi connectivity index (χ4n) is 9.18. The van der Waals surface area contributed by atoms with E-state index in [0.717, 1.165) is 89.1 Å². The molecule has 0 N–H and O–H groups in total. The summed E-state index contributed by atoms with van der Waals surface area (Å²) in [5, 5.41) is 5.94. The molecule has 0 amide bonds. The minimum Gasteiger partial charge on any atom is -0.309 e. The van der Waals surface area contributed by atoms with Crippen LogP contribution in [0.15, 0.2) is 231 Å². The second-order valence-corrected chi connectivity index (χ2v) is 16.0. The molecule has 4 heteroatoms. The zero-order valence-electron chi connectivity index (χ0n) is 34.2. The quantitative estimate of drug-likeness (QED) is 0.151. The summed E-state index contributed by atoms with van der Waals surface area (Å²) in [5.74, 6) is 0.699. The van der Waals surface area contributed by atoms with E-state index in [4.69, 9.17) is 15.0 Å². The van der Waals surface area contributed by atoms with E-state index in [0.29, 0.717) is 5.82 Å². The van der Waals surface area contributed by atoms with E-state index in [2.05, 4.69) is 199 Å². The molecule has 4 nitrogen and oxygen atoms in total. The van der Waals surface area contributed by atoms with Crippen molar-refractivity contribution in [3.63, 3.8) is 0 Å². The molecular formula is C59H38N4. The van der Waals surface area contributed by atoms with E-state index in [1.165, 1.54) is 21.7 Å². The van der Waals surface area contributed by atoms with Crippen LogP contribution in [0.1, 0.15) is 0 Å². The van der Waals surface area contributed by atoms with Gasteiger partial charge in [-0.1, -0.05) is 182 Å². The van der Waals surface area contributed by atoms with Crippen LogP contribution in [-0.2, 0) is 0 Å². The molecule has 0 fully saturated rings. The average molecular weight is 803 g/mol. The Morgan fingerprint density at radius 1 is 0.286 bits per heavy atom. The van der Waals surface area contributed by atoms with Gasteiger partial charge in [-0.15, -0.1) is 0 Å². The topological polar surface area (TPSA) is 43.6 Å². The smallest absolute Gasteiger partial charge is 0.160 e. The van der Waals surface area contributed by atoms with Crippen LogP contribution in [0.2, 0.25) is 0 Å². The van der Waals surface area contributed by atoms with Gasteiger partial charge in [-0.05, 0) is 70.8 Å². The Morgan fingerprint density at radius 2 is 0.810 bits per heavy atom. The first-order valence-corrected chi connectivity index (χ1v) is 21.4. The lowest BCUT2D eigenvalue weighted by Crippen LogP contribution is -1.95. The second kappa shape index (κ2) is 15.2. The fourth-order valence-corrected chi connectivity index (χ4v) is 9.18. The van der Waals surface area contributed by atoms with E-state index in [1.807, 2.05) is 36.4 Å². The molecule has 3 aromatic heterocycles. The molecule has 0 aliphatic carbocycles. The molecule has 0 saturated heterocycles. The molecule has 0 atom stereocenters. The summed E-state index contributed by atoms with van der Waals surface area (Å²) in [7, 11) is 0. The lowest BCUT2D eigenvalue weighted by molar-refractivity contribution is 1.18. The summed E-state index contributed by atoms with van der Waals surface area (Å²) in [4.78, 5) is 15.4.